The molecule has 3 aromatic rings. The Morgan fingerprint density at radius 1 is 1.15 bits per heavy atom. The van der Waals surface area contributed by atoms with E-state index in [4.69, 9.17) is 11.6 Å². The molecule has 4 rings (SSSR count). The fourth-order valence-electron chi connectivity index (χ4n) is 2.94. The number of nitrogens with zero attached hydrogens (tertiary/aromatic N) is 3. The summed E-state index contributed by atoms with van der Waals surface area (Å²) in [7, 11) is 0. The fourth-order valence-corrected chi connectivity index (χ4v) is 3.05. The zero-order valence-corrected chi connectivity index (χ0v) is 13.8. The minimum absolute atomic E-state index is 0.0182. The minimum atomic E-state index is -2.93. The van der Waals surface area contributed by atoms with Gasteiger partial charge in [-0.1, -0.05) is 11.6 Å². The highest BCUT2D eigenvalue weighted by atomic mass is 35.5. The van der Waals surface area contributed by atoms with E-state index < -0.39 is 41.6 Å². The van der Waals surface area contributed by atoms with Gasteiger partial charge in [-0.2, -0.15) is 0 Å². The van der Waals surface area contributed by atoms with Crippen molar-refractivity contribution in [3.63, 3.8) is 0 Å². The third kappa shape index (κ3) is 2.61. The van der Waals surface area contributed by atoms with Gasteiger partial charge in [-0.3, -0.25) is 9.36 Å². The molecule has 26 heavy (non-hydrogen) atoms. The van der Waals surface area contributed by atoms with E-state index in [1.807, 2.05) is 0 Å². The van der Waals surface area contributed by atoms with Crippen LogP contribution in [0.4, 0.5) is 17.6 Å². The third-order valence-electron chi connectivity index (χ3n) is 4.14. The molecule has 1 fully saturated rings. The highest BCUT2D eigenvalue weighted by Gasteiger charge is 2.47. The van der Waals surface area contributed by atoms with Crippen molar-refractivity contribution in [3.05, 3.63) is 58.9 Å². The van der Waals surface area contributed by atoms with E-state index in [1.165, 1.54) is 16.8 Å². The molecule has 2 aromatic heterocycles. The van der Waals surface area contributed by atoms with Crippen molar-refractivity contribution in [1.29, 1.82) is 0 Å². The second kappa shape index (κ2) is 5.70. The number of hydrogen-bond acceptors (Lipinski definition) is 2. The maximum atomic E-state index is 13.9. The van der Waals surface area contributed by atoms with E-state index in [1.54, 1.807) is 12.1 Å². The number of aromatic nitrogens is 2. The Morgan fingerprint density at radius 2 is 1.81 bits per heavy atom. The molecule has 1 aromatic carbocycles. The molecule has 9 heteroatoms. The van der Waals surface area contributed by atoms with Crippen LogP contribution in [0.1, 0.15) is 10.5 Å². The Balaban J connectivity index is 1.89. The maximum Gasteiger partial charge on any atom is 0.282 e. The molecule has 0 radical (unpaired) electrons. The lowest BCUT2D eigenvalue weighted by molar-refractivity contribution is -0.113. The summed E-state index contributed by atoms with van der Waals surface area (Å²) in [5.74, 6) is -5.62. The number of carbonyl (C=O) groups is 1. The highest BCUT2D eigenvalue weighted by Crippen LogP contribution is 2.32. The van der Waals surface area contributed by atoms with Gasteiger partial charge in [0.1, 0.15) is 28.0 Å². The van der Waals surface area contributed by atoms with Crippen LogP contribution in [-0.2, 0) is 0 Å². The monoisotopic (exact) mass is 383 g/mol. The smallest absolute Gasteiger partial charge is 0.282 e. The van der Waals surface area contributed by atoms with Gasteiger partial charge in [-0.05, 0) is 30.3 Å². The number of rotatable bonds is 2. The summed E-state index contributed by atoms with van der Waals surface area (Å²) in [6.07, 6.45) is 1.45. The lowest BCUT2D eigenvalue weighted by Crippen LogP contribution is -2.58. The van der Waals surface area contributed by atoms with Crippen LogP contribution in [0, 0.1) is 11.6 Å². The van der Waals surface area contributed by atoms with Crippen LogP contribution in [0.2, 0.25) is 5.02 Å². The van der Waals surface area contributed by atoms with Gasteiger partial charge in [0.15, 0.2) is 0 Å². The molecule has 0 spiro atoms. The molecule has 1 aliphatic heterocycles. The Labute approximate surface area is 149 Å². The molecule has 3 heterocycles. The number of benzene rings is 1. The molecular weight excluding hydrogens is 374 g/mol. The van der Waals surface area contributed by atoms with Crippen LogP contribution in [0.25, 0.3) is 16.7 Å². The van der Waals surface area contributed by atoms with E-state index in [0.29, 0.717) is 5.39 Å². The van der Waals surface area contributed by atoms with E-state index in [-0.39, 0.29) is 17.0 Å². The Hall–Kier alpha value is -2.61. The van der Waals surface area contributed by atoms with E-state index in [2.05, 4.69) is 4.98 Å². The number of alkyl halides is 2. The molecule has 1 aliphatic rings. The lowest BCUT2D eigenvalue weighted by atomic mass is 10.1. The molecule has 0 aliphatic carbocycles. The molecular formula is C17H10ClF4N3O. The highest BCUT2D eigenvalue weighted by molar-refractivity contribution is 6.30. The summed E-state index contributed by atoms with van der Waals surface area (Å²) in [6, 6.07) is 6.65. The van der Waals surface area contributed by atoms with Gasteiger partial charge < -0.3 is 4.90 Å². The zero-order valence-electron chi connectivity index (χ0n) is 13.0. The van der Waals surface area contributed by atoms with Crippen molar-refractivity contribution in [3.8, 4) is 5.69 Å². The maximum absolute atomic E-state index is 13.9. The molecule has 4 nitrogen and oxygen atoms in total. The van der Waals surface area contributed by atoms with E-state index >= 15 is 0 Å². The van der Waals surface area contributed by atoms with Gasteiger partial charge in [0.25, 0.3) is 11.8 Å². The molecule has 134 valence electrons. The van der Waals surface area contributed by atoms with Gasteiger partial charge in [0, 0.05) is 11.6 Å². The van der Waals surface area contributed by atoms with Crippen LogP contribution in [0.3, 0.4) is 0 Å². The second-order valence-corrected chi connectivity index (χ2v) is 6.40. The van der Waals surface area contributed by atoms with Gasteiger partial charge in [-0.15, -0.1) is 0 Å². The van der Waals surface area contributed by atoms with Crippen molar-refractivity contribution < 1.29 is 22.4 Å². The van der Waals surface area contributed by atoms with Crippen molar-refractivity contribution in [1.82, 2.24) is 14.5 Å². The Kier molecular flexibility index (Phi) is 3.69. The summed E-state index contributed by atoms with van der Waals surface area (Å²) >= 11 is 5.51. The average molecular weight is 384 g/mol. The first-order valence-corrected chi connectivity index (χ1v) is 7.93. The van der Waals surface area contributed by atoms with Crippen molar-refractivity contribution >= 4 is 28.5 Å². The summed E-state index contributed by atoms with van der Waals surface area (Å²) in [5, 5.41) is -0.146. The molecule has 0 bridgehead atoms. The normalized spacial score (nSPS) is 16.0. The van der Waals surface area contributed by atoms with Crippen LogP contribution in [-0.4, -0.2) is 39.4 Å². The number of hydrogen-bond donors (Lipinski definition) is 0. The number of fused-ring (bicyclic) bond motifs is 1. The molecule has 1 saturated heterocycles. The summed E-state index contributed by atoms with van der Waals surface area (Å²) in [4.78, 5) is 17.8. The molecule has 0 atom stereocenters. The number of halogens is 5. The number of likely N-dealkylation sites (tertiary alicyclic amines) is 1. The largest absolute Gasteiger partial charge is 0.325 e. The third-order valence-corrected chi connectivity index (χ3v) is 4.50. The van der Waals surface area contributed by atoms with Gasteiger partial charge in [0.2, 0.25) is 0 Å². The van der Waals surface area contributed by atoms with Crippen LogP contribution in [0.5, 0.6) is 0 Å². The first-order valence-electron chi connectivity index (χ1n) is 7.55. The molecule has 1 amide bonds. The van der Waals surface area contributed by atoms with Crippen LogP contribution >= 0.6 is 11.6 Å². The molecule has 0 unspecified atom stereocenters. The SMILES string of the molecule is O=C(c1cc2cccnc2n1-c1cc(F)c(Cl)c(F)c1)N1CC(F)(F)C1. The second-order valence-electron chi connectivity index (χ2n) is 6.02. The molecule has 0 saturated carbocycles. The lowest BCUT2D eigenvalue weighted by Gasteiger charge is -2.38. The number of carbonyl (C=O) groups excluding carboxylic acids is 1. The summed E-state index contributed by atoms with van der Waals surface area (Å²) in [5.41, 5.74) is 0.230. The zero-order chi connectivity index (χ0) is 18.6. The predicted molar refractivity (Wildman–Crippen MR) is 86.8 cm³/mol. The number of pyridine rings is 1. The van der Waals surface area contributed by atoms with Gasteiger partial charge in [-0.25, -0.2) is 22.5 Å². The van der Waals surface area contributed by atoms with E-state index in [0.717, 1.165) is 17.0 Å². The van der Waals surface area contributed by atoms with E-state index in [9.17, 15) is 22.4 Å². The van der Waals surface area contributed by atoms with Gasteiger partial charge in [0.05, 0.1) is 18.8 Å². The standard InChI is InChI=1S/C17H10ClF4N3O/c18-14-11(19)5-10(6-12(14)20)25-13(4-9-2-1-3-23-15(9)25)16(26)24-7-17(21,22)8-24/h1-6H,7-8H2. The Bertz CT molecular complexity index is 1020. The fraction of sp³-hybridized carbons (Fsp3) is 0.176. The average Bonchev–Trinajstić information content (AvgIpc) is 2.95. The van der Waals surface area contributed by atoms with Crippen molar-refractivity contribution in [2.75, 3.05) is 13.1 Å². The first-order chi connectivity index (χ1) is 12.3. The quantitative estimate of drug-likeness (QED) is 0.494. The Morgan fingerprint density at radius 3 is 2.42 bits per heavy atom. The molecule has 0 N–H and O–H groups in total. The number of amides is 1. The van der Waals surface area contributed by atoms with Crippen molar-refractivity contribution in [2.24, 2.45) is 0 Å². The topological polar surface area (TPSA) is 38.1 Å². The van der Waals surface area contributed by atoms with Crippen LogP contribution < -0.4 is 0 Å². The summed E-state index contributed by atoms with van der Waals surface area (Å²) in [6.45, 7) is -1.41. The van der Waals surface area contributed by atoms with Crippen LogP contribution in [0.15, 0.2) is 36.5 Å². The summed E-state index contributed by atoms with van der Waals surface area (Å²) < 4.78 is 55.3. The van der Waals surface area contributed by atoms with Gasteiger partial charge >= 0.3 is 0 Å². The first kappa shape index (κ1) is 16.8. The predicted octanol–water partition coefficient (Wildman–Crippen LogP) is 4.05. The minimum Gasteiger partial charge on any atom is -0.325 e. The van der Waals surface area contributed by atoms with Crippen molar-refractivity contribution in [2.45, 2.75) is 5.92 Å².